The first-order valence-electron chi connectivity index (χ1n) is 46.1. The summed E-state index contributed by atoms with van der Waals surface area (Å²) in [5.74, 6) is -17.9. The zero-order chi connectivity index (χ0) is 103. The van der Waals surface area contributed by atoms with Crippen LogP contribution in [-0.4, -0.2) is 271 Å². The van der Waals surface area contributed by atoms with Crippen molar-refractivity contribution in [2.45, 2.75) is 263 Å². The summed E-state index contributed by atoms with van der Waals surface area (Å²) < 4.78 is 16.9. The number of nitrogens with one attached hydrogen (secondary N) is 12. The number of amides is 13. The molecule has 1 aromatic heterocycles. The van der Waals surface area contributed by atoms with Gasteiger partial charge in [0, 0.05) is 99.8 Å². The van der Waals surface area contributed by atoms with Crippen LogP contribution in [0.5, 0.6) is 0 Å². The number of hydrogen-bond acceptors (Lipinski definition) is 28. The molecule has 0 saturated carbocycles. The first-order chi connectivity index (χ1) is 65.9. The van der Waals surface area contributed by atoms with Crippen LogP contribution in [0.2, 0.25) is 0 Å². The molecule has 1 aliphatic heterocycles. The van der Waals surface area contributed by atoms with Crippen molar-refractivity contribution in [1.82, 2.24) is 78.8 Å². The van der Waals surface area contributed by atoms with Gasteiger partial charge in [-0.3, -0.25) is 77.4 Å². The van der Waals surface area contributed by atoms with Gasteiger partial charge in [0.1, 0.15) is 65.6 Å². The second-order valence-electron chi connectivity index (χ2n) is 34.8. The lowest BCUT2D eigenvalue weighted by Crippen LogP contribution is -2.59. The minimum absolute atomic E-state index is 0.0220. The van der Waals surface area contributed by atoms with Crippen molar-refractivity contribution >= 4 is 146 Å². The van der Waals surface area contributed by atoms with Crippen molar-refractivity contribution in [2.75, 3.05) is 51.5 Å². The van der Waals surface area contributed by atoms with Crippen molar-refractivity contribution in [3.05, 3.63) is 123 Å². The molecule has 14 atom stereocenters. The summed E-state index contributed by atoms with van der Waals surface area (Å²) >= 11 is 1.03. The third-order valence-corrected chi connectivity index (χ3v) is 25.9. The lowest BCUT2D eigenvalue weighted by molar-refractivity contribution is -0.161. The number of carbonyl (C=O) groups is 19. The van der Waals surface area contributed by atoms with E-state index in [2.05, 4.69) is 63.7 Å². The van der Waals surface area contributed by atoms with Crippen LogP contribution in [0.15, 0.2) is 90.3 Å². The number of piperidine rings is 1. The molecule has 1 aliphatic rings. The number of esters is 2. The highest BCUT2D eigenvalue weighted by atomic mass is 33.1. The van der Waals surface area contributed by atoms with E-state index >= 15 is 4.79 Å². The zero-order valence-corrected chi connectivity index (χ0v) is 82.3. The Balaban J connectivity index is 1.12. The van der Waals surface area contributed by atoms with Crippen molar-refractivity contribution in [3.8, 4) is 0 Å². The number of benzene rings is 3. The predicted molar refractivity (Wildman–Crippen MR) is 512 cm³/mol. The number of unbranched alkanes of at least 4 members (excludes halogenated alkanes) is 3. The Hall–Kier alpha value is -12.6. The maximum atomic E-state index is 15.1. The van der Waals surface area contributed by atoms with Crippen molar-refractivity contribution in [2.24, 2.45) is 29.4 Å². The number of nitrogens with zero attached hydrogens (tertiary/aromatic N) is 3. The van der Waals surface area contributed by atoms with Gasteiger partial charge < -0.3 is 104 Å². The average Bonchev–Trinajstić information content (AvgIpc) is 1.49. The van der Waals surface area contributed by atoms with Crippen molar-refractivity contribution in [1.29, 1.82) is 0 Å². The first kappa shape index (κ1) is 117. The molecule has 4 aromatic rings. The number of aromatic nitrogens is 1. The Bertz CT molecular complexity index is 4750. The molecule has 19 N–H and O–H groups in total. The van der Waals surface area contributed by atoms with Gasteiger partial charge in [0.05, 0.1) is 12.5 Å². The van der Waals surface area contributed by atoms with E-state index in [0.29, 0.717) is 56.2 Å². The number of hydrazine groups is 1. The number of urea groups is 1. The maximum absolute atomic E-state index is 15.1. The lowest BCUT2D eigenvalue weighted by atomic mass is 9.92. The van der Waals surface area contributed by atoms with E-state index in [1.807, 2.05) is 90.0 Å². The molecule has 139 heavy (non-hydrogen) atoms. The number of likely N-dealkylation sites (N-methyl/N-ethyl adjacent to an activating group) is 1. The number of likely N-dealkylation sites (tertiary alicyclic amines) is 1. The van der Waals surface area contributed by atoms with E-state index in [0.717, 1.165) is 56.9 Å². The zero-order valence-electron chi connectivity index (χ0n) is 79.9. The molecule has 0 aliphatic carbocycles. The number of carbonyl (C=O) groups excluding carboxylic acids is 14. The molecule has 3 aromatic carbocycles. The molecule has 1 fully saturated rings. The molecular weight excluding hydrogens is 1870 g/mol. The standard InChI is InChI=1S/C93H134N16O27S3/c1-11-56(7)79(105-86(124)71-28-21-23-39-108(71)10)88(125)109(52-135-78(117)42-53(2)3)72(54(4)5)48-73(136-58(9)110)87-102-69(50-137-87)85(123)97-62(44-61-32-30-55(6)31-33-61)43-57(8)80(118)106-107-93(133)134-40-41-138-139-51-70(91(130)131)101-84(122)68(47-77(115)116)99-81(119)63(94)49-96-82(120)66(45-59-24-16-14-17-25-59)100-83(121)67(46-60-26-18-15-19-27-60)98-75(112)29-20-12-13-22-38-95-74(111)36-34-64(89(126)127)103-92(132)104-65(90(128)129)35-37-76(113)114/h14-19,24-27,30-33,50,53-54,56-57,62-68,70-73,79H,11-13,20-23,28-29,34-49,51-52,94H2,1-10H3,(H,95,111)(H,96,120)(H,97,123)(H,98,112)(H,99,119)(H,100,121)(H,101,122)(H,105,124)(H,106,118)(H,107,133)(H,113,114)(H,115,116)(H,126,127)(H,128,129)(H,130,131)(H2,103,104,132)/t56-,57-,62+,63-,64-,65+,66-,67-,68-,70-,71+,72+,73+,79-/m0/s1. The lowest BCUT2D eigenvalue weighted by Gasteiger charge is -2.39. The van der Waals surface area contributed by atoms with E-state index in [-0.39, 0.29) is 117 Å². The SMILES string of the molecule is CC[C@H](C)[C@H](NC(=O)[C@H]1CCCCN1C)C(=O)N(COC(=O)CC(C)C)[C@H](C[C@@H](OC(C)=O)c1nc(C(=O)N[C@@H](Cc2ccc(C)cc2)C[C@H](C)C(=O)NNC(=O)OCCSSC[C@H](NC(=O)[C@H](CC(=O)O)NC(=O)[C@@H](N)CNC(=O)[C@H](Cc2ccccc2)NC(=O)[C@H](Cc2ccccc2)NC(=O)CCCCCCNC(=O)CC[C@H](NC(=O)N[C@H](CCC(=O)O)C(=O)O)C(=O)O)C(=O)O)cs1)C(C)C. The van der Waals surface area contributed by atoms with Gasteiger partial charge in [-0.1, -0.05) is 186 Å². The first-order valence-corrected chi connectivity index (χ1v) is 49.5. The van der Waals surface area contributed by atoms with Gasteiger partial charge in [-0.15, -0.1) is 11.3 Å². The van der Waals surface area contributed by atoms with E-state index < -0.39 is 218 Å². The molecule has 766 valence electrons. The summed E-state index contributed by atoms with van der Waals surface area (Å²) in [6.45, 7) is 15.3. The molecular formula is C93H134N16O27S3. The summed E-state index contributed by atoms with van der Waals surface area (Å²) in [6, 6.07) is 9.33. The fourth-order valence-electron chi connectivity index (χ4n) is 14.6. The topological polar surface area (TPSA) is 643 Å². The molecule has 0 radical (unpaired) electrons. The summed E-state index contributed by atoms with van der Waals surface area (Å²) in [7, 11) is 3.79. The molecule has 13 amide bonds. The smallest absolute Gasteiger partial charge is 0.426 e. The summed E-state index contributed by atoms with van der Waals surface area (Å²) in [4.78, 5) is 257. The summed E-state index contributed by atoms with van der Waals surface area (Å²) in [5.41, 5.74) is 13.6. The Morgan fingerprint density at radius 3 is 1.76 bits per heavy atom. The number of carboxylic acids is 5. The average molecular weight is 2000 g/mol. The minimum atomic E-state index is -1.91. The normalized spacial score (nSPS) is 15.2. The molecule has 5 rings (SSSR count). The highest BCUT2D eigenvalue weighted by Crippen LogP contribution is 2.33. The van der Waals surface area contributed by atoms with Crippen LogP contribution >= 0.6 is 32.9 Å². The van der Waals surface area contributed by atoms with Crippen LogP contribution in [0.25, 0.3) is 0 Å². The van der Waals surface area contributed by atoms with Crippen molar-refractivity contribution < 1.29 is 131 Å². The Morgan fingerprint density at radius 2 is 1.17 bits per heavy atom. The van der Waals surface area contributed by atoms with Gasteiger partial charge in [-0.2, -0.15) is 0 Å². The van der Waals surface area contributed by atoms with Crippen LogP contribution in [0.4, 0.5) is 9.59 Å². The third-order valence-electron chi connectivity index (χ3n) is 22.5. The molecule has 2 heterocycles. The van der Waals surface area contributed by atoms with Gasteiger partial charge in [0.2, 0.25) is 53.2 Å². The number of hydrogen-bond donors (Lipinski definition) is 18. The van der Waals surface area contributed by atoms with Crippen LogP contribution in [0, 0.1) is 30.6 Å². The molecule has 46 heteroatoms. The highest BCUT2D eigenvalue weighted by Gasteiger charge is 2.41. The Kier molecular flexibility index (Phi) is 51.9. The van der Waals surface area contributed by atoms with Gasteiger partial charge in [0.25, 0.3) is 5.91 Å². The monoisotopic (exact) mass is 2000 g/mol. The Morgan fingerprint density at radius 1 is 0.583 bits per heavy atom. The number of thiazole rings is 1. The maximum Gasteiger partial charge on any atom is 0.426 e. The highest BCUT2D eigenvalue weighted by molar-refractivity contribution is 8.76. The van der Waals surface area contributed by atoms with E-state index in [4.69, 9.17) is 25.1 Å². The van der Waals surface area contributed by atoms with E-state index in [1.54, 1.807) is 67.6 Å². The number of carboxylic acid groups (broad SMARTS) is 5. The fraction of sp³-hybridized carbons (Fsp3) is 0.570. The molecule has 43 nitrogen and oxygen atoms in total. The van der Waals surface area contributed by atoms with Crippen molar-refractivity contribution in [3.63, 3.8) is 0 Å². The minimum Gasteiger partial charge on any atom is -0.481 e. The Labute approximate surface area is 818 Å². The fourth-order valence-corrected chi connectivity index (χ4v) is 17.4. The summed E-state index contributed by atoms with van der Waals surface area (Å²) in [6.07, 6.45) is -0.227. The van der Waals surface area contributed by atoms with Gasteiger partial charge >= 0.3 is 53.9 Å². The van der Waals surface area contributed by atoms with Crippen LogP contribution in [-0.2, 0) is 110 Å². The molecule has 0 unspecified atom stereocenters. The van der Waals surface area contributed by atoms with Crippen LogP contribution < -0.4 is 69.8 Å². The molecule has 1 saturated heterocycles. The number of nitrogens with two attached hydrogens (primary N) is 1. The quantitative estimate of drug-likeness (QED) is 0.00710. The predicted octanol–water partition coefficient (Wildman–Crippen LogP) is 4.71. The molecule has 0 spiro atoms. The molecule has 0 bridgehead atoms. The number of ether oxygens (including phenoxy) is 3. The summed E-state index contributed by atoms with van der Waals surface area (Å²) in [5, 5.41) is 74.5. The second kappa shape index (κ2) is 61.7. The van der Waals surface area contributed by atoms with E-state index in [1.165, 1.54) is 17.2 Å². The van der Waals surface area contributed by atoms with Gasteiger partial charge in [-0.05, 0) is 106 Å². The van der Waals surface area contributed by atoms with Gasteiger partial charge in [-0.25, -0.2) is 34.4 Å². The van der Waals surface area contributed by atoms with Crippen LogP contribution in [0.3, 0.4) is 0 Å². The van der Waals surface area contributed by atoms with Gasteiger partial charge in [0.15, 0.2) is 12.8 Å². The second-order valence-corrected chi connectivity index (χ2v) is 38.4. The number of rotatable bonds is 62. The number of aliphatic carboxylic acids is 5. The number of aryl methyl sites for hydroxylation is 1. The largest absolute Gasteiger partial charge is 0.481 e. The van der Waals surface area contributed by atoms with Crippen LogP contribution in [0.1, 0.15) is 208 Å². The third kappa shape index (κ3) is 44.4. The van der Waals surface area contributed by atoms with E-state index in [9.17, 15) is 107 Å².